The summed E-state index contributed by atoms with van der Waals surface area (Å²) in [6.07, 6.45) is -4.64. The number of nitrogens with two attached hydrogens (primary N) is 1. The zero-order valence-electron chi connectivity index (χ0n) is 14.0. The van der Waals surface area contributed by atoms with E-state index in [1.807, 2.05) is 0 Å². The van der Waals surface area contributed by atoms with Crippen molar-refractivity contribution in [1.29, 1.82) is 0 Å². The number of rotatable bonds is 3. The smallest absolute Gasteiger partial charge is 0.225 e. The Balaban J connectivity index is 2.24. The predicted molar refractivity (Wildman–Crippen MR) is 93.6 cm³/mol. The zero-order valence-corrected chi connectivity index (χ0v) is 14.8. The summed E-state index contributed by atoms with van der Waals surface area (Å²) < 4.78 is 89.4. The zero-order chi connectivity index (χ0) is 20.7. The minimum Gasteiger partial charge on any atom is -0.225 e. The Hall–Kier alpha value is -2.78. The first-order valence-electron chi connectivity index (χ1n) is 7.76. The molecule has 28 heavy (non-hydrogen) atoms. The molecule has 0 radical (unpaired) electrons. The SMILES string of the molecule is NS(=O)(=O)c1ccc(-c2cc(C(F)(F)F)ccc2-c2cc(F)cc(F)c2)cc1. The Labute approximate surface area is 157 Å². The lowest BCUT2D eigenvalue weighted by molar-refractivity contribution is -0.137. The third-order valence-corrected chi connectivity index (χ3v) is 4.94. The van der Waals surface area contributed by atoms with Gasteiger partial charge >= 0.3 is 6.18 Å². The summed E-state index contributed by atoms with van der Waals surface area (Å²) in [5, 5.41) is 5.02. The maximum Gasteiger partial charge on any atom is 0.416 e. The number of hydrogen-bond acceptors (Lipinski definition) is 2. The number of primary sulfonamides is 1. The highest BCUT2D eigenvalue weighted by Crippen LogP contribution is 2.38. The van der Waals surface area contributed by atoms with Crippen LogP contribution in [0.2, 0.25) is 0 Å². The first-order chi connectivity index (χ1) is 12.9. The highest BCUT2D eigenvalue weighted by atomic mass is 32.2. The number of benzene rings is 3. The van der Waals surface area contributed by atoms with Crippen LogP contribution in [0.1, 0.15) is 5.56 Å². The minimum absolute atomic E-state index is 0.0285. The molecule has 0 heterocycles. The monoisotopic (exact) mass is 413 g/mol. The van der Waals surface area contributed by atoms with E-state index in [0.29, 0.717) is 6.07 Å². The number of halogens is 5. The average Bonchev–Trinajstić information content (AvgIpc) is 2.59. The molecule has 3 aromatic carbocycles. The van der Waals surface area contributed by atoms with Crippen molar-refractivity contribution in [2.24, 2.45) is 5.14 Å². The van der Waals surface area contributed by atoms with Crippen LogP contribution in [0.4, 0.5) is 22.0 Å². The van der Waals surface area contributed by atoms with Crippen LogP contribution in [0, 0.1) is 11.6 Å². The first-order valence-corrected chi connectivity index (χ1v) is 9.31. The van der Waals surface area contributed by atoms with Crippen molar-refractivity contribution in [2.45, 2.75) is 11.1 Å². The van der Waals surface area contributed by atoms with Crippen LogP contribution in [0.5, 0.6) is 0 Å². The van der Waals surface area contributed by atoms with Crippen LogP contribution in [-0.4, -0.2) is 8.42 Å². The summed E-state index contributed by atoms with van der Waals surface area (Å²) in [5.41, 5.74) is -0.524. The Kier molecular flexibility index (Phi) is 4.99. The summed E-state index contributed by atoms with van der Waals surface area (Å²) >= 11 is 0. The second kappa shape index (κ2) is 6.99. The number of sulfonamides is 1. The topological polar surface area (TPSA) is 60.2 Å². The van der Waals surface area contributed by atoms with Gasteiger partial charge in [0, 0.05) is 6.07 Å². The highest BCUT2D eigenvalue weighted by Gasteiger charge is 2.31. The number of hydrogen-bond donors (Lipinski definition) is 1. The third-order valence-electron chi connectivity index (χ3n) is 4.01. The average molecular weight is 413 g/mol. The van der Waals surface area contributed by atoms with Crippen LogP contribution < -0.4 is 5.14 Å². The van der Waals surface area contributed by atoms with Crippen molar-refractivity contribution in [3.8, 4) is 22.3 Å². The van der Waals surface area contributed by atoms with Gasteiger partial charge in [-0.3, -0.25) is 0 Å². The van der Waals surface area contributed by atoms with E-state index in [1.165, 1.54) is 12.1 Å². The van der Waals surface area contributed by atoms with Gasteiger partial charge in [-0.25, -0.2) is 22.3 Å². The molecule has 0 aliphatic rings. The van der Waals surface area contributed by atoms with Gasteiger partial charge in [0.25, 0.3) is 0 Å². The molecule has 3 aromatic rings. The fraction of sp³-hybridized carbons (Fsp3) is 0.0526. The van der Waals surface area contributed by atoms with Gasteiger partial charge < -0.3 is 0 Å². The molecule has 0 spiro atoms. The Bertz CT molecular complexity index is 1120. The first kappa shape index (κ1) is 20.0. The largest absolute Gasteiger partial charge is 0.416 e. The highest BCUT2D eigenvalue weighted by molar-refractivity contribution is 7.89. The van der Waals surface area contributed by atoms with Gasteiger partial charge in [-0.05, 0) is 58.7 Å². The Morgan fingerprint density at radius 1 is 0.714 bits per heavy atom. The maximum absolute atomic E-state index is 13.6. The van der Waals surface area contributed by atoms with Gasteiger partial charge in [0.1, 0.15) is 11.6 Å². The normalized spacial score (nSPS) is 12.2. The van der Waals surface area contributed by atoms with Crippen LogP contribution in [-0.2, 0) is 16.2 Å². The maximum atomic E-state index is 13.6. The summed E-state index contributed by atoms with van der Waals surface area (Å²) in [7, 11) is -3.99. The van der Waals surface area contributed by atoms with E-state index in [0.717, 1.165) is 42.5 Å². The van der Waals surface area contributed by atoms with Crippen molar-refractivity contribution in [2.75, 3.05) is 0 Å². The lowest BCUT2D eigenvalue weighted by atomic mass is 9.92. The van der Waals surface area contributed by atoms with Gasteiger partial charge in [0.05, 0.1) is 10.5 Å². The van der Waals surface area contributed by atoms with Crippen molar-refractivity contribution >= 4 is 10.0 Å². The molecule has 2 N–H and O–H groups in total. The van der Waals surface area contributed by atoms with Gasteiger partial charge in [0.15, 0.2) is 0 Å². The van der Waals surface area contributed by atoms with Gasteiger partial charge in [-0.15, -0.1) is 0 Å². The van der Waals surface area contributed by atoms with Crippen LogP contribution >= 0.6 is 0 Å². The second-order valence-corrected chi connectivity index (χ2v) is 7.55. The van der Waals surface area contributed by atoms with Crippen molar-refractivity contribution in [3.05, 3.63) is 77.9 Å². The van der Waals surface area contributed by atoms with Crippen LogP contribution in [0.3, 0.4) is 0 Å². The van der Waals surface area contributed by atoms with Crippen LogP contribution in [0.25, 0.3) is 22.3 Å². The van der Waals surface area contributed by atoms with Crippen molar-refractivity contribution < 1.29 is 30.4 Å². The summed E-state index contributed by atoms with van der Waals surface area (Å²) in [4.78, 5) is -0.221. The third kappa shape index (κ3) is 4.20. The number of alkyl halides is 3. The van der Waals surface area contributed by atoms with Crippen molar-refractivity contribution in [1.82, 2.24) is 0 Å². The molecule has 0 aliphatic heterocycles. The summed E-state index contributed by atoms with van der Waals surface area (Å²) in [6, 6.07) is 10.2. The lowest BCUT2D eigenvalue weighted by Gasteiger charge is -2.15. The molecule has 0 saturated heterocycles. The van der Waals surface area contributed by atoms with Gasteiger partial charge in [0.2, 0.25) is 10.0 Å². The Morgan fingerprint density at radius 2 is 1.29 bits per heavy atom. The fourth-order valence-electron chi connectivity index (χ4n) is 2.74. The molecule has 0 unspecified atom stereocenters. The molecule has 3 nitrogen and oxygen atoms in total. The quantitative estimate of drug-likeness (QED) is 0.617. The molecule has 146 valence electrons. The standard InChI is InChI=1S/C19H12F5NO2S/c20-14-7-12(8-15(21)10-14)17-6-3-13(19(22,23)24)9-18(17)11-1-4-16(5-2-11)28(25,26)27/h1-10H,(H2,25,26,27). The van der Waals surface area contributed by atoms with E-state index in [9.17, 15) is 30.4 Å². The molecule has 0 saturated carbocycles. The summed E-state index contributed by atoms with van der Waals surface area (Å²) in [5.74, 6) is -1.77. The van der Waals surface area contributed by atoms with E-state index in [4.69, 9.17) is 5.14 Å². The van der Waals surface area contributed by atoms with E-state index >= 15 is 0 Å². The van der Waals surface area contributed by atoms with E-state index in [1.54, 1.807) is 0 Å². The van der Waals surface area contributed by atoms with E-state index in [-0.39, 0.29) is 27.1 Å². The van der Waals surface area contributed by atoms with E-state index < -0.39 is 33.4 Å². The molecule has 9 heteroatoms. The minimum atomic E-state index is -4.64. The molecule has 3 rings (SSSR count). The molecule has 0 bridgehead atoms. The molecular weight excluding hydrogens is 401 g/mol. The molecule has 0 atom stereocenters. The van der Waals surface area contributed by atoms with Crippen molar-refractivity contribution in [3.63, 3.8) is 0 Å². The van der Waals surface area contributed by atoms with Gasteiger partial charge in [-0.1, -0.05) is 18.2 Å². The molecule has 0 aromatic heterocycles. The van der Waals surface area contributed by atoms with Gasteiger partial charge in [-0.2, -0.15) is 13.2 Å². The second-order valence-electron chi connectivity index (χ2n) is 5.99. The Morgan fingerprint density at radius 3 is 1.79 bits per heavy atom. The van der Waals surface area contributed by atoms with E-state index in [2.05, 4.69) is 0 Å². The lowest BCUT2D eigenvalue weighted by Crippen LogP contribution is -2.11. The summed E-state index contributed by atoms with van der Waals surface area (Å²) in [6.45, 7) is 0. The molecular formula is C19H12F5NO2S. The fourth-order valence-corrected chi connectivity index (χ4v) is 3.26. The molecule has 0 amide bonds. The molecule has 0 aliphatic carbocycles. The predicted octanol–water partition coefficient (Wildman–Crippen LogP) is 4.97. The van der Waals surface area contributed by atoms with Crippen LogP contribution in [0.15, 0.2) is 65.6 Å². The molecule has 0 fully saturated rings.